The summed E-state index contributed by atoms with van der Waals surface area (Å²) in [7, 11) is 0. The second-order valence-electron chi connectivity index (χ2n) is 6.45. The van der Waals surface area contributed by atoms with Gasteiger partial charge in [0.25, 0.3) is 5.91 Å². The van der Waals surface area contributed by atoms with Crippen molar-refractivity contribution >= 4 is 11.6 Å². The van der Waals surface area contributed by atoms with E-state index in [-0.39, 0.29) is 17.6 Å². The number of likely N-dealkylation sites (tertiary alicyclic amines) is 1. The van der Waals surface area contributed by atoms with Crippen LogP contribution in [0.15, 0.2) is 12.1 Å². The van der Waals surface area contributed by atoms with E-state index in [1.807, 2.05) is 0 Å². The molecule has 2 rings (SSSR count). The van der Waals surface area contributed by atoms with Crippen molar-refractivity contribution in [2.24, 2.45) is 11.8 Å². The summed E-state index contributed by atoms with van der Waals surface area (Å²) >= 11 is 0. The molecular formula is C16H22F3N2O+. The molecule has 1 heterocycles. The van der Waals surface area contributed by atoms with Crippen molar-refractivity contribution in [3.8, 4) is 0 Å². The number of hydrogen-bond donors (Lipinski definition) is 2. The summed E-state index contributed by atoms with van der Waals surface area (Å²) in [6.45, 7) is 7.82. The van der Waals surface area contributed by atoms with Crippen LogP contribution in [-0.2, 0) is 4.79 Å². The summed E-state index contributed by atoms with van der Waals surface area (Å²) in [5.74, 6) is -3.55. The fraction of sp³-hybridized carbons (Fsp3) is 0.562. The Bertz CT molecular complexity index is 555. The van der Waals surface area contributed by atoms with Gasteiger partial charge in [0.1, 0.15) is 0 Å². The smallest absolute Gasteiger partial charge is 0.282 e. The molecule has 1 aliphatic rings. The van der Waals surface area contributed by atoms with E-state index in [0.717, 1.165) is 36.5 Å². The third-order valence-electron chi connectivity index (χ3n) is 4.32. The van der Waals surface area contributed by atoms with Crippen LogP contribution in [-0.4, -0.2) is 25.0 Å². The molecule has 0 aliphatic carbocycles. The van der Waals surface area contributed by atoms with E-state index < -0.39 is 17.5 Å². The topological polar surface area (TPSA) is 33.5 Å². The van der Waals surface area contributed by atoms with Crippen LogP contribution in [0.1, 0.15) is 27.2 Å². The predicted molar refractivity (Wildman–Crippen MR) is 78.0 cm³/mol. The van der Waals surface area contributed by atoms with Crippen LogP contribution in [0.4, 0.5) is 18.9 Å². The lowest BCUT2D eigenvalue weighted by Crippen LogP contribution is -3.18. The molecule has 1 saturated heterocycles. The summed E-state index contributed by atoms with van der Waals surface area (Å²) in [5.41, 5.74) is -0.326. The minimum atomic E-state index is -1.57. The van der Waals surface area contributed by atoms with Gasteiger partial charge in [-0.2, -0.15) is 0 Å². The molecule has 22 heavy (non-hydrogen) atoms. The van der Waals surface area contributed by atoms with E-state index in [9.17, 15) is 18.0 Å². The summed E-state index contributed by atoms with van der Waals surface area (Å²) in [6.07, 6.45) is 1.13. The predicted octanol–water partition coefficient (Wildman–Crippen LogP) is 1.99. The number of quaternary nitrogens is 1. The zero-order valence-corrected chi connectivity index (χ0v) is 13.1. The molecule has 1 fully saturated rings. The molecule has 0 unspecified atom stereocenters. The maximum Gasteiger partial charge on any atom is 0.282 e. The number of carbonyl (C=O) groups excluding carboxylic acids is 1. The minimum Gasteiger partial charge on any atom is -0.324 e. The maximum atomic E-state index is 13.6. The first kappa shape index (κ1) is 16.8. The molecule has 3 atom stereocenters. The van der Waals surface area contributed by atoms with Gasteiger partial charge in [0.2, 0.25) is 0 Å². The van der Waals surface area contributed by atoms with Crippen molar-refractivity contribution in [2.45, 2.75) is 33.2 Å². The average Bonchev–Trinajstić information content (AvgIpc) is 2.46. The van der Waals surface area contributed by atoms with Crippen LogP contribution in [0, 0.1) is 29.3 Å². The lowest BCUT2D eigenvalue weighted by Gasteiger charge is -2.35. The molecular weight excluding hydrogens is 293 g/mol. The lowest BCUT2D eigenvalue weighted by atomic mass is 9.91. The maximum absolute atomic E-state index is 13.6. The first-order valence-corrected chi connectivity index (χ1v) is 7.58. The molecule has 0 spiro atoms. The second-order valence-corrected chi connectivity index (χ2v) is 6.45. The van der Waals surface area contributed by atoms with Crippen molar-refractivity contribution in [3.05, 3.63) is 29.6 Å². The number of nitrogens with one attached hydrogen (secondary N) is 2. The zero-order chi connectivity index (χ0) is 16.4. The highest BCUT2D eigenvalue weighted by Crippen LogP contribution is 2.19. The van der Waals surface area contributed by atoms with Gasteiger partial charge in [0.15, 0.2) is 23.5 Å². The molecule has 1 aliphatic heterocycles. The largest absolute Gasteiger partial charge is 0.324 e. The van der Waals surface area contributed by atoms with Gasteiger partial charge in [0, 0.05) is 11.8 Å². The van der Waals surface area contributed by atoms with Gasteiger partial charge in [-0.3, -0.25) is 4.79 Å². The Morgan fingerprint density at radius 1 is 1.18 bits per heavy atom. The molecule has 6 heteroatoms. The van der Waals surface area contributed by atoms with Crippen LogP contribution in [0.25, 0.3) is 0 Å². The van der Waals surface area contributed by atoms with E-state index in [4.69, 9.17) is 0 Å². The number of piperidine rings is 1. The summed E-state index contributed by atoms with van der Waals surface area (Å²) in [6, 6.07) is 1.46. The van der Waals surface area contributed by atoms with E-state index in [1.54, 1.807) is 6.92 Å². The third-order valence-corrected chi connectivity index (χ3v) is 4.32. The molecule has 1 aromatic carbocycles. The Labute approximate surface area is 128 Å². The number of anilines is 1. The van der Waals surface area contributed by atoms with Crippen molar-refractivity contribution in [2.75, 3.05) is 18.4 Å². The second kappa shape index (κ2) is 6.69. The summed E-state index contributed by atoms with van der Waals surface area (Å²) in [4.78, 5) is 13.4. The fourth-order valence-corrected chi connectivity index (χ4v) is 3.23. The highest BCUT2D eigenvalue weighted by Gasteiger charge is 2.32. The number of hydrogen-bond acceptors (Lipinski definition) is 1. The van der Waals surface area contributed by atoms with Gasteiger partial charge < -0.3 is 10.2 Å². The zero-order valence-electron chi connectivity index (χ0n) is 13.1. The van der Waals surface area contributed by atoms with Crippen molar-refractivity contribution in [1.82, 2.24) is 0 Å². The molecule has 1 aromatic rings. The van der Waals surface area contributed by atoms with E-state index in [2.05, 4.69) is 19.2 Å². The van der Waals surface area contributed by atoms with Crippen LogP contribution in [0.2, 0.25) is 0 Å². The molecule has 1 amide bonds. The van der Waals surface area contributed by atoms with Crippen molar-refractivity contribution in [3.63, 3.8) is 0 Å². The Morgan fingerprint density at radius 2 is 1.77 bits per heavy atom. The number of benzene rings is 1. The first-order chi connectivity index (χ1) is 10.3. The quantitative estimate of drug-likeness (QED) is 0.822. The number of halogens is 3. The highest BCUT2D eigenvalue weighted by atomic mass is 19.2. The standard InChI is InChI=1S/C16H21F3N2O/c1-9-6-10(2)8-21(7-9)11(3)16(22)20-13-5-4-12(17)14(18)15(13)19/h4-5,9-11H,6-8H2,1-3H3,(H,20,22)/p+1/t9-,10-,11+/m1/s1. The van der Waals surface area contributed by atoms with E-state index >= 15 is 0 Å². The Kier molecular flexibility index (Phi) is 5.11. The molecule has 3 nitrogen and oxygen atoms in total. The number of rotatable bonds is 3. The van der Waals surface area contributed by atoms with E-state index in [1.165, 1.54) is 0 Å². The monoisotopic (exact) mass is 315 g/mol. The highest BCUT2D eigenvalue weighted by molar-refractivity contribution is 5.93. The Morgan fingerprint density at radius 3 is 2.36 bits per heavy atom. The van der Waals surface area contributed by atoms with Gasteiger partial charge in [-0.05, 0) is 25.5 Å². The van der Waals surface area contributed by atoms with Crippen LogP contribution < -0.4 is 10.2 Å². The Hall–Kier alpha value is -1.56. The molecule has 0 aromatic heterocycles. The van der Waals surface area contributed by atoms with Gasteiger partial charge in [-0.25, -0.2) is 13.2 Å². The van der Waals surface area contributed by atoms with Crippen LogP contribution in [0.3, 0.4) is 0 Å². The fourth-order valence-electron chi connectivity index (χ4n) is 3.23. The van der Waals surface area contributed by atoms with Gasteiger partial charge in [-0.1, -0.05) is 13.8 Å². The summed E-state index contributed by atoms with van der Waals surface area (Å²) in [5, 5.41) is 2.36. The van der Waals surface area contributed by atoms with Crippen molar-refractivity contribution < 1.29 is 22.9 Å². The van der Waals surface area contributed by atoms with Gasteiger partial charge >= 0.3 is 0 Å². The van der Waals surface area contributed by atoms with Gasteiger partial charge in [-0.15, -0.1) is 0 Å². The normalized spacial score (nSPS) is 26.5. The molecule has 2 N–H and O–H groups in total. The minimum absolute atomic E-state index is 0.326. The lowest BCUT2D eigenvalue weighted by molar-refractivity contribution is -0.925. The SMILES string of the molecule is C[C@@H]1C[C@@H](C)C[NH+]([C@@H](C)C(=O)Nc2ccc(F)c(F)c2F)C1. The molecule has 0 bridgehead atoms. The number of amides is 1. The molecule has 122 valence electrons. The average molecular weight is 315 g/mol. The van der Waals surface area contributed by atoms with Crippen LogP contribution >= 0.6 is 0 Å². The molecule has 0 radical (unpaired) electrons. The number of carbonyl (C=O) groups is 1. The Balaban J connectivity index is 2.07. The van der Waals surface area contributed by atoms with E-state index in [0.29, 0.717) is 11.8 Å². The third kappa shape index (κ3) is 3.61. The van der Waals surface area contributed by atoms with Crippen LogP contribution in [0.5, 0.6) is 0 Å². The summed E-state index contributed by atoms with van der Waals surface area (Å²) < 4.78 is 39.7. The van der Waals surface area contributed by atoms with Crippen molar-refractivity contribution in [1.29, 1.82) is 0 Å². The first-order valence-electron chi connectivity index (χ1n) is 7.58. The molecule has 0 saturated carbocycles. The van der Waals surface area contributed by atoms with Gasteiger partial charge in [0.05, 0.1) is 18.8 Å².